The van der Waals surface area contributed by atoms with Crippen molar-refractivity contribution in [1.29, 1.82) is 0 Å². The summed E-state index contributed by atoms with van der Waals surface area (Å²) in [5, 5.41) is 3.48. The van der Waals surface area contributed by atoms with Gasteiger partial charge in [0.25, 0.3) is 10.0 Å². The number of halogens is 2. The van der Waals surface area contributed by atoms with Crippen LogP contribution in [0.3, 0.4) is 0 Å². The minimum atomic E-state index is -4.28. The summed E-state index contributed by atoms with van der Waals surface area (Å²) in [5.41, 5.74) is 0.777. The maximum Gasteiger partial charge on any atom is 0.264 e. The molecule has 42 heavy (non-hydrogen) atoms. The molecule has 0 aliphatic carbocycles. The number of methoxy groups -OCH3 is 2. The van der Waals surface area contributed by atoms with Crippen molar-refractivity contribution in [2.45, 2.75) is 38.3 Å². The Morgan fingerprint density at radius 1 is 0.905 bits per heavy atom. The van der Waals surface area contributed by atoms with Gasteiger partial charge in [0, 0.05) is 13.1 Å². The van der Waals surface area contributed by atoms with E-state index < -0.39 is 28.5 Å². The number of nitrogens with zero attached hydrogens (tertiary/aromatic N) is 2. The Kier molecular flexibility index (Phi) is 11.5. The van der Waals surface area contributed by atoms with Gasteiger partial charge in [0.15, 0.2) is 0 Å². The Labute approximate surface area is 257 Å². The van der Waals surface area contributed by atoms with Crippen LogP contribution in [0.2, 0.25) is 10.0 Å². The maximum absolute atomic E-state index is 14.1. The molecule has 12 heteroatoms. The Morgan fingerprint density at radius 2 is 1.57 bits per heavy atom. The first-order chi connectivity index (χ1) is 19.9. The number of hydrogen-bond acceptors (Lipinski definition) is 6. The largest absolute Gasteiger partial charge is 0.497 e. The first-order valence-corrected chi connectivity index (χ1v) is 15.4. The van der Waals surface area contributed by atoms with Crippen LogP contribution in [0.4, 0.5) is 5.69 Å². The summed E-state index contributed by atoms with van der Waals surface area (Å²) in [6.45, 7) is 5.29. The van der Waals surface area contributed by atoms with Crippen LogP contribution in [0.1, 0.15) is 26.3 Å². The summed E-state index contributed by atoms with van der Waals surface area (Å²) < 4.78 is 39.7. The summed E-state index contributed by atoms with van der Waals surface area (Å²) in [6, 6.07) is 16.3. The average molecular weight is 637 g/mol. The molecule has 0 saturated heterocycles. The fourth-order valence-electron chi connectivity index (χ4n) is 4.09. The summed E-state index contributed by atoms with van der Waals surface area (Å²) in [6.07, 6.45) is 0. The predicted molar refractivity (Wildman–Crippen MR) is 165 cm³/mol. The van der Waals surface area contributed by atoms with Gasteiger partial charge < -0.3 is 19.7 Å². The molecule has 0 aliphatic heterocycles. The van der Waals surface area contributed by atoms with E-state index in [4.69, 9.17) is 32.7 Å². The molecule has 0 heterocycles. The second-order valence-electron chi connectivity index (χ2n) is 9.94. The van der Waals surface area contributed by atoms with E-state index in [1.165, 1.54) is 43.4 Å². The number of amides is 2. The van der Waals surface area contributed by atoms with Gasteiger partial charge in [-0.15, -0.1) is 0 Å². The highest BCUT2D eigenvalue weighted by atomic mass is 35.5. The number of carbonyl (C=O) groups excluding carboxylic acids is 2. The van der Waals surface area contributed by atoms with E-state index in [0.29, 0.717) is 22.9 Å². The van der Waals surface area contributed by atoms with Crippen molar-refractivity contribution in [3.8, 4) is 11.5 Å². The number of hydrogen-bond donors (Lipinski definition) is 1. The molecule has 3 aromatic carbocycles. The number of rotatable bonds is 13. The molecule has 0 aromatic heterocycles. The normalized spacial score (nSPS) is 12.0. The van der Waals surface area contributed by atoms with E-state index in [2.05, 4.69) is 5.32 Å². The van der Waals surface area contributed by atoms with Crippen molar-refractivity contribution in [1.82, 2.24) is 10.2 Å². The van der Waals surface area contributed by atoms with E-state index >= 15 is 0 Å². The molecule has 3 rings (SSSR count). The molecule has 226 valence electrons. The predicted octanol–water partition coefficient (Wildman–Crippen LogP) is 5.40. The number of sulfonamides is 1. The van der Waals surface area contributed by atoms with Crippen LogP contribution < -0.4 is 19.1 Å². The van der Waals surface area contributed by atoms with Crippen molar-refractivity contribution in [3.63, 3.8) is 0 Å². The fraction of sp³-hybridized carbons (Fsp3) is 0.333. The lowest BCUT2D eigenvalue weighted by Gasteiger charge is -2.32. The SMILES string of the molecule is COc1ccc(S(=O)(=O)N(CC(=O)N(Cc2ccc(Cl)c(Cl)c2)[C@@H](C)C(=O)NCC(C)C)c2ccccc2OC)cc1. The number of para-hydroxylation sites is 2. The summed E-state index contributed by atoms with van der Waals surface area (Å²) >= 11 is 12.3. The van der Waals surface area contributed by atoms with Gasteiger partial charge in [0.05, 0.1) is 34.8 Å². The third kappa shape index (κ3) is 8.08. The molecule has 0 saturated carbocycles. The van der Waals surface area contributed by atoms with Gasteiger partial charge in [-0.2, -0.15) is 0 Å². The van der Waals surface area contributed by atoms with E-state index in [0.717, 1.165) is 4.31 Å². The third-order valence-electron chi connectivity index (χ3n) is 6.47. The average Bonchev–Trinajstić information content (AvgIpc) is 2.98. The van der Waals surface area contributed by atoms with Gasteiger partial charge in [-0.25, -0.2) is 8.42 Å². The standard InChI is InChI=1S/C30H35Cl2N3O6S/c1-20(2)17-33-30(37)21(3)34(18-22-10-15-25(31)26(32)16-22)29(36)19-35(27-8-6-7-9-28(27)41-5)42(38,39)24-13-11-23(40-4)12-14-24/h6-16,20-21H,17-19H2,1-5H3,(H,33,37)/t21-/m0/s1. The topological polar surface area (TPSA) is 105 Å². The fourth-order valence-corrected chi connectivity index (χ4v) is 5.84. The van der Waals surface area contributed by atoms with Crippen LogP contribution >= 0.6 is 23.2 Å². The maximum atomic E-state index is 14.1. The van der Waals surface area contributed by atoms with Crippen LogP contribution in [0, 0.1) is 5.92 Å². The lowest BCUT2D eigenvalue weighted by Crippen LogP contribution is -2.51. The van der Waals surface area contributed by atoms with Crippen molar-refractivity contribution in [2.24, 2.45) is 5.92 Å². The van der Waals surface area contributed by atoms with Crippen molar-refractivity contribution in [3.05, 3.63) is 82.3 Å². The molecule has 0 fully saturated rings. The quantitative estimate of drug-likeness (QED) is 0.270. The monoisotopic (exact) mass is 635 g/mol. The first-order valence-electron chi connectivity index (χ1n) is 13.2. The molecule has 2 amide bonds. The van der Waals surface area contributed by atoms with Crippen LogP contribution in [0.15, 0.2) is 71.6 Å². The number of nitrogens with one attached hydrogen (secondary N) is 1. The Hall–Kier alpha value is -3.47. The van der Waals surface area contributed by atoms with Crippen LogP contribution in [0.5, 0.6) is 11.5 Å². The Balaban J connectivity index is 2.07. The smallest absolute Gasteiger partial charge is 0.264 e. The van der Waals surface area contributed by atoms with E-state index in [1.54, 1.807) is 49.4 Å². The van der Waals surface area contributed by atoms with Crippen LogP contribution in [-0.2, 0) is 26.2 Å². The highest BCUT2D eigenvalue weighted by Gasteiger charge is 2.34. The van der Waals surface area contributed by atoms with Crippen LogP contribution in [-0.4, -0.2) is 58.5 Å². The number of carbonyl (C=O) groups is 2. The van der Waals surface area contributed by atoms with Gasteiger partial charge >= 0.3 is 0 Å². The number of ether oxygens (including phenoxy) is 2. The Bertz CT molecular complexity index is 1500. The third-order valence-corrected chi connectivity index (χ3v) is 8.98. The lowest BCUT2D eigenvalue weighted by atomic mass is 10.1. The van der Waals surface area contributed by atoms with Crippen molar-refractivity contribution < 1.29 is 27.5 Å². The van der Waals surface area contributed by atoms with Crippen molar-refractivity contribution >= 4 is 50.7 Å². The highest BCUT2D eigenvalue weighted by Crippen LogP contribution is 2.33. The van der Waals surface area contributed by atoms with Gasteiger partial charge in [0.2, 0.25) is 11.8 Å². The molecule has 0 unspecified atom stereocenters. The van der Waals surface area contributed by atoms with Gasteiger partial charge in [0.1, 0.15) is 24.1 Å². The Morgan fingerprint density at radius 3 is 2.17 bits per heavy atom. The number of anilines is 1. The molecule has 9 nitrogen and oxygen atoms in total. The summed E-state index contributed by atoms with van der Waals surface area (Å²) in [7, 11) is -1.39. The van der Waals surface area contributed by atoms with E-state index in [9.17, 15) is 18.0 Å². The second kappa shape index (κ2) is 14.6. The zero-order chi connectivity index (χ0) is 31.0. The first kappa shape index (κ1) is 33.0. The molecule has 3 aromatic rings. The number of benzene rings is 3. The van der Waals surface area contributed by atoms with E-state index in [1.807, 2.05) is 13.8 Å². The summed E-state index contributed by atoms with van der Waals surface area (Å²) in [5.74, 6) is -0.0738. The molecular formula is C30H35Cl2N3O6S. The van der Waals surface area contributed by atoms with Crippen LogP contribution in [0.25, 0.3) is 0 Å². The molecule has 1 atom stereocenters. The van der Waals surface area contributed by atoms with Gasteiger partial charge in [-0.05, 0) is 66.9 Å². The molecule has 1 N–H and O–H groups in total. The van der Waals surface area contributed by atoms with Gasteiger partial charge in [-0.3, -0.25) is 13.9 Å². The minimum Gasteiger partial charge on any atom is -0.497 e. The summed E-state index contributed by atoms with van der Waals surface area (Å²) in [4.78, 5) is 28.5. The molecule has 0 radical (unpaired) electrons. The minimum absolute atomic E-state index is 0.0195. The lowest BCUT2D eigenvalue weighted by molar-refractivity contribution is -0.139. The molecule has 0 spiro atoms. The van der Waals surface area contributed by atoms with Gasteiger partial charge in [-0.1, -0.05) is 55.2 Å². The molecular weight excluding hydrogens is 601 g/mol. The highest BCUT2D eigenvalue weighted by molar-refractivity contribution is 7.92. The zero-order valence-electron chi connectivity index (χ0n) is 24.1. The zero-order valence-corrected chi connectivity index (χ0v) is 26.5. The molecule has 0 bridgehead atoms. The molecule has 0 aliphatic rings. The second-order valence-corrected chi connectivity index (χ2v) is 12.6. The van der Waals surface area contributed by atoms with E-state index in [-0.39, 0.29) is 39.7 Å². The van der Waals surface area contributed by atoms with Crippen molar-refractivity contribution in [2.75, 3.05) is 31.6 Å².